The molecule has 76 valence electrons. The monoisotopic (exact) mass is 204 g/mol. The van der Waals surface area contributed by atoms with Gasteiger partial charge in [0.25, 0.3) is 0 Å². The molecule has 0 bridgehead atoms. The second-order valence-corrected chi connectivity index (χ2v) is 2.65. The Labute approximate surface area is 77.7 Å². The highest BCUT2D eigenvalue weighted by Gasteiger charge is 2.32. The average Bonchev–Trinajstić information content (AvgIpc) is 2.02. The first-order valence-electron chi connectivity index (χ1n) is 3.71. The Kier molecular flexibility index (Phi) is 2.73. The maximum Gasteiger partial charge on any atom is 0.433 e. The van der Waals surface area contributed by atoms with Crippen LogP contribution in [0, 0.1) is 0 Å². The van der Waals surface area contributed by atoms with Gasteiger partial charge in [-0.25, -0.2) is 4.98 Å². The Morgan fingerprint density at radius 3 is 2.57 bits per heavy atom. The van der Waals surface area contributed by atoms with E-state index in [-0.39, 0.29) is 17.8 Å². The van der Waals surface area contributed by atoms with E-state index in [4.69, 9.17) is 5.73 Å². The summed E-state index contributed by atoms with van der Waals surface area (Å²) in [4.78, 5) is 13.3. The molecule has 1 rings (SSSR count). The molecule has 0 aliphatic rings. The minimum atomic E-state index is -4.53. The van der Waals surface area contributed by atoms with Crippen LogP contribution in [0.3, 0.4) is 0 Å². The van der Waals surface area contributed by atoms with Gasteiger partial charge in [0.1, 0.15) is 12.0 Å². The minimum Gasteiger partial charge on any atom is -0.399 e. The fourth-order valence-corrected chi connectivity index (χ4v) is 0.946. The van der Waals surface area contributed by atoms with Gasteiger partial charge in [0.2, 0.25) is 0 Å². The molecule has 0 saturated carbocycles. The molecule has 0 aliphatic carbocycles. The van der Waals surface area contributed by atoms with Crippen LogP contribution in [0.4, 0.5) is 18.9 Å². The normalized spacial score (nSPS) is 11.4. The number of nitrogen functional groups attached to an aromatic ring is 1. The average molecular weight is 204 g/mol. The first kappa shape index (κ1) is 10.5. The van der Waals surface area contributed by atoms with Gasteiger partial charge in [-0.05, 0) is 12.1 Å². The molecular weight excluding hydrogens is 197 g/mol. The molecule has 0 radical (unpaired) electrons. The van der Waals surface area contributed by atoms with Crippen molar-refractivity contribution in [2.75, 3.05) is 5.73 Å². The molecule has 2 N–H and O–H groups in total. The number of aldehydes is 1. The van der Waals surface area contributed by atoms with Gasteiger partial charge >= 0.3 is 6.18 Å². The van der Waals surface area contributed by atoms with E-state index in [1.54, 1.807) is 0 Å². The standard InChI is InChI=1S/C8H7F3N2O/c9-8(10,11)7-4-5(12)3-6(13-7)1-2-14/h2-4H,1H2,(H2,12,13). The summed E-state index contributed by atoms with van der Waals surface area (Å²) in [5.74, 6) is 0. The number of nitrogens with two attached hydrogens (primary N) is 1. The van der Waals surface area contributed by atoms with E-state index in [1.807, 2.05) is 0 Å². The van der Waals surface area contributed by atoms with Crippen molar-refractivity contribution < 1.29 is 18.0 Å². The largest absolute Gasteiger partial charge is 0.433 e. The molecule has 14 heavy (non-hydrogen) atoms. The second-order valence-electron chi connectivity index (χ2n) is 2.65. The first-order chi connectivity index (χ1) is 6.43. The predicted octanol–water partition coefficient (Wildman–Crippen LogP) is 1.42. The van der Waals surface area contributed by atoms with Gasteiger partial charge in [-0.1, -0.05) is 0 Å². The smallest absolute Gasteiger partial charge is 0.399 e. The van der Waals surface area contributed by atoms with Crippen LogP contribution in [0.15, 0.2) is 12.1 Å². The zero-order valence-electron chi connectivity index (χ0n) is 7.01. The fourth-order valence-electron chi connectivity index (χ4n) is 0.946. The van der Waals surface area contributed by atoms with Crippen LogP contribution < -0.4 is 5.73 Å². The number of anilines is 1. The number of alkyl halides is 3. The summed E-state index contributed by atoms with van der Waals surface area (Å²) in [5.41, 5.74) is 4.12. The molecule has 1 aromatic heterocycles. The molecule has 1 aromatic rings. The van der Waals surface area contributed by atoms with E-state index in [2.05, 4.69) is 4.98 Å². The Balaban J connectivity index is 3.13. The van der Waals surface area contributed by atoms with Gasteiger partial charge in [-0.2, -0.15) is 13.2 Å². The SMILES string of the molecule is Nc1cc(CC=O)nc(C(F)(F)F)c1. The molecule has 0 fully saturated rings. The minimum absolute atomic E-state index is 0.0207. The number of nitrogens with zero attached hydrogens (tertiary/aromatic N) is 1. The van der Waals surface area contributed by atoms with E-state index < -0.39 is 11.9 Å². The first-order valence-corrected chi connectivity index (χ1v) is 3.71. The highest BCUT2D eigenvalue weighted by Crippen LogP contribution is 2.28. The summed E-state index contributed by atoms with van der Waals surface area (Å²) in [7, 11) is 0. The predicted molar refractivity (Wildman–Crippen MR) is 43.4 cm³/mol. The molecule has 0 spiro atoms. The van der Waals surface area contributed by atoms with Crippen molar-refractivity contribution in [3.63, 3.8) is 0 Å². The Morgan fingerprint density at radius 1 is 1.43 bits per heavy atom. The quantitative estimate of drug-likeness (QED) is 0.741. The van der Waals surface area contributed by atoms with Crippen LogP contribution in [0.25, 0.3) is 0 Å². The van der Waals surface area contributed by atoms with E-state index in [1.165, 1.54) is 6.07 Å². The van der Waals surface area contributed by atoms with E-state index in [9.17, 15) is 18.0 Å². The number of carbonyl (C=O) groups excluding carboxylic acids is 1. The molecule has 0 saturated heterocycles. The number of hydrogen-bond donors (Lipinski definition) is 1. The van der Waals surface area contributed by atoms with Crippen molar-refractivity contribution in [3.05, 3.63) is 23.5 Å². The lowest BCUT2D eigenvalue weighted by Gasteiger charge is -2.07. The van der Waals surface area contributed by atoms with Crippen LogP contribution >= 0.6 is 0 Å². The van der Waals surface area contributed by atoms with Crippen molar-refractivity contribution in [2.24, 2.45) is 0 Å². The summed E-state index contributed by atoms with van der Waals surface area (Å²) in [6, 6.07) is 1.97. The zero-order chi connectivity index (χ0) is 10.8. The van der Waals surface area contributed by atoms with Crippen LogP contribution in [0.1, 0.15) is 11.4 Å². The Hall–Kier alpha value is -1.59. The Morgan fingerprint density at radius 2 is 2.07 bits per heavy atom. The Bertz CT molecular complexity index is 349. The summed E-state index contributed by atoms with van der Waals surface area (Å²) in [6.45, 7) is 0. The molecule has 3 nitrogen and oxygen atoms in total. The van der Waals surface area contributed by atoms with Gasteiger partial charge in [0.05, 0.1) is 5.69 Å². The van der Waals surface area contributed by atoms with Crippen molar-refractivity contribution >= 4 is 12.0 Å². The van der Waals surface area contributed by atoms with Crippen LogP contribution in [-0.4, -0.2) is 11.3 Å². The van der Waals surface area contributed by atoms with Crippen molar-refractivity contribution in [3.8, 4) is 0 Å². The van der Waals surface area contributed by atoms with E-state index in [0.717, 1.165) is 6.07 Å². The lowest BCUT2D eigenvalue weighted by molar-refractivity contribution is -0.141. The highest BCUT2D eigenvalue weighted by atomic mass is 19.4. The van der Waals surface area contributed by atoms with Gasteiger partial charge < -0.3 is 10.5 Å². The topological polar surface area (TPSA) is 56.0 Å². The molecular formula is C8H7F3N2O. The van der Waals surface area contributed by atoms with Crippen molar-refractivity contribution in [1.82, 2.24) is 4.98 Å². The number of pyridine rings is 1. The molecule has 0 aliphatic heterocycles. The number of rotatable bonds is 2. The van der Waals surface area contributed by atoms with Crippen LogP contribution in [-0.2, 0) is 17.4 Å². The van der Waals surface area contributed by atoms with E-state index >= 15 is 0 Å². The molecule has 0 amide bonds. The lowest BCUT2D eigenvalue weighted by Crippen LogP contribution is -2.10. The van der Waals surface area contributed by atoms with Gasteiger partial charge in [0, 0.05) is 12.1 Å². The summed E-state index contributed by atoms with van der Waals surface area (Å²) >= 11 is 0. The highest BCUT2D eigenvalue weighted by molar-refractivity contribution is 5.55. The number of hydrogen-bond acceptors (Lipinski definition) is 3. The maximum atomic E-state index is 12.2. The van der Waals surface area contributed by atoms with Gasteiger partial charge in [0.15, 0.2) is 0 Å². The molecule has 0 aromatic carbocycles. The van der Waals surface area contributed by atoms with Crippen molar-refractivity contribution in [1.29, 1.82) is 0 Å². The van der Waals surface area contributed by atoms with Crippen LogP contribution in [0.5, 0.6) is 0 Å². The molecule has 0 atom stereocenters. The van der Waals surface area contributed by atoms with Crippen molar-refractivity contribution in [2.45, 2.75) is 12.6 Å². The maximum absolute atomic E-state index is 12.2. The van der Waals surface area contributed by atoms with E-state index in [0.29, 0.717) is 6.29 Å². The summed E-state index contributed by atoms with van der Waals surface area (Å²) in [6.07, 6.45) is -4.23. The summed E-state index contributed by atoms with van der Waals surface area (Å²) < 4.78 is 36.5. The third-order valence-corrected chi connectivity index (χ3v) is 1.48. The third-order valence-electron chi connectivity index (χ3n) is 1.48. The number of halogens is 3. The zero-order valence-corrected chi connectivity index (χ0v) is 7.01. The van der Waals surface area contributed by atoms with Crippen LogP contribution in [0.2, 0.25) is 0 Å². The second kappa shape index (κ2) is 3.65. The molecule has 6 heteroatoms. The van der Waals surface area contributed by atoms with Gasteiger partial charge in [-0.3, -0.25) is 0 Å². The number of aromatic nitrogens is 1. The lowest BCUT2D eigenvalue weighted by atomic mass is 10.2. The fraction of sp³-hybridized carbons (Fsp3) is 0.250. The third kappa shape index (κ3) is 2.45. The number of carbonyl (C=O) groups is 1. The molecule has 0 unspecified atom stereocenters. The van der Waals surface area contributed by atoms with Gasteiger partial charge in [-0.15, -0.1) is 0 Å². The summed E-state index contributed by atoms with van der Waals surface area (Å²) in [5, 5.41) is 0. The molecule has 1 heterocycles.